The maximum atomic E-state index is 11.0. The summed E-state index contributed by atoms with van der Waals surface area (Å²) in [5.74, 6) is -0.0786. The van der Waals surface area contributed by atoms with Crippen molar-refractivity contribution in [2.75, 3.05) is 0 Å². The summed E-state index contributed by atoms with van der Waals surface area (Å²) in [5.41, 5.74) is 0.169. The highest BCUT2D eigenvalue weighted by atomic mass is 16.7. The van der Waals surface area contributed by atoms with Crippen molar-refractivity contribution >= 4 is 5.69 Å². The van der Waals surface area contributed by atoms with Gasteiger partial charge in [-0.2, -0.15) is 0 Å². The molecule has 2 N–H and O–H groups in total. The Morgan fingerprint density at radius 3 is 2.71 bits per heavy atom. The van der Waals surface area contributed by atoms with Crippen molar-refractivity contribution in [1.82, 2.24) is 0 Å². The van der Waals surface area contributed by atoms with Gasteiger partial charge in [0.2, 0.25) is 0 Å². The van der Waals surface area contributed by atoms with Crippen LogP contribution in [0.25, 0.3) is 0 Å². The van der Waals surface area contributed by atoms with Crippen LogP contribution in [0, 0.1) is 10.1 Å². The van der Waals surface area contributed by atoms with Gasteiger partial charge in [-0.25, -0.2) is 0 Å². The van der Waals surface area contributed by atoms with Gasteiger partial charge in [-0.05, 0) is 38.7 Å². The number of phenols is 1. The number of phenolic OH excluding ortho intramolecular Hbond substituents is 1. The minimum Gasteiger partial charge on any atom is -0.507 e. The van der Waals surface area contributed by atoms with Crippen molar-refractivity contribution in [3.8, 4) is 5.75 Å². The van der Waals surface area contributed by atoms with Gasteiger partial charge >= 0.3 is 0 Å². The van der Waals surface area contributed by atoms with Crippen LogP contribution in [-0.2, 0) is 9.47 Å². The summed E-state index contributed by atoms with van der Waals surface area (Å²) in [4.78, 5) is 10.4. The molecule has 1 aliphatic rings. The molecule has 24 heavy (non-hydrogen) atoms. The first-order chi connectivity index (χ1) is 11.4. The molecule has 0 aliphatic carbocycles. The summed E-state index contributed by atoms with van der Waals surface area (Å²) in [6, 6.07) is 3.84. The molecule has 1 aromatic carbocycles. The zero-order valence-corrected chi connectivity index (χ0v) is 14.1. The summed E-state index contributed by atoms with van der Waals surface area (Å²) in [5, 5.41) is 30.4. The molecule has 0 aromatic heterocycles. The lowest BCUT2D eigenvalue weighted by Gasteiger charge is -2.36. The molecule has 2 rings (SSSR count). The van der Waals surface area contributed by atoms with Gasteiger partial charge in [0.05, 0.1) is 28.8 Å². The van der Waals surface area contributed by atoms with E-state index in [1.54, 1.807) is 6.92 Å². The van der Waals surface area contributed by atoms with Gasteiger partial charge in [0.1, 0.15) is 5.75 Å². The minimum atomic E-state index is -0.819. The maximum absolute atomic E-state index is 11.0. The van der Waals surface area contributed by atoms with Crippen LogP contribution >= 0.6 is 0 Å². The Balaban J connectivity index is 2.13. The van der Waals surface area contributed by atoms with Crippen LogP contribution in [0.4, 0.5) is 5.69 Å². The number of nitro benzene ring substituents is 1. The molecule has 1 aromatic rings. The Bertz CT molecular complexity index is 562. The molecular formula is C17H25NO6. The zero-order valence-electron chi connectivity index (χ0n) is 14.1. The first kappa shape index (κ1) is 18.6. The van der Waals surface area contributed by atoms with E-state index in [9.17, 15) is 20.3 Å². The number of non-ortho nitro benzene ring substituents is 1. The topological polar surface area (TPSA) is 102 Å². The fourth-order valence-corrected chi connectivity index (χ4v) is 2.87. The van der Waals surface area contributed by atoms with Crippen molar-refractivity contribution in [3.63, 3.8) is 0 Å². The Morgan fingerprint density at radius 2 is 2.08 bits per heavy atom. The van der Waals surface area contributed by atoms with E-state index in [0.29, 0.717) is 6.42 Å². The quantitative estimate of drug-likeness (QED) is 0.583. The summed E-state index contributed by atoms with van der Waals surface area (Å²) >= 11 is 0. The molecule has 0 radical (unpaired) electrons. The Morgan fingerprint density at radius 1 is 1.38 bits per heavy atom. The van der Waals surface area contributed by atoms with E-state index in [1.165, 1.54) is 18.2 Å². The molecule has 3 unspecified atom stereocenters. The van der Waals surface area contributed by atoms with Crippen molar-refractivity contribution in [3.05, 3.63) is 33.9 Å². The normalized spacial score (nSPS) is 25.4. The van der Waals surface area contributed by atoms with E-state index in [-0.39, 0.29) is 35.3 Å². The second kappa shape index (κ2) is 8.41. The van der Waals surface area contributed by atoms with Gasteiger partial charge in [0.15, 0.2) is 6.29 Å². The third-order valence-electron chi connectivity index (χ3n) is 4.24. The van der Waals surface area contributed by atoms with Crippen molar-refractivity contribution in [2.24, 2.45) is 0 Å². The Kier molecular flexibility index (Phi) is 6.53. The highest BCUT2D eigenvalue weighted by Gasteiger charge is 2.32. The predicted molar refractivity (Wildman–Crippen MR) is 87.7 cm³/mol. The van der Waals surface area contributed by atoms with Gasteiger partial charge in [-0.3, -0.25) is 10.1 Å². The van der Waals surface area contributed by atoms with Crippen LogP contribution in [0.2, 0.25) is 0 Å². The van der Waals surface area contributed by atoms with Gasteiger partial charge in [0.25, 0.3) is 5.69 Å². The SMILES string of the molecule is CCC1CC(CCC[C@H](C)O)OC(c2cc([N+](=O)[O-])ccc2O)O1. The zero-order chi connectivity index (χ0) is 17.7. The summed E-state index contributed by atoms with van der Waals surface area (Å²) in [7, 11) is 0. The number of aromatic hydroxyl groups is 1. The number of aliphatic hydroxyl groups is 1. The molecule has 134 valence electrons. The molecule has 7 heteroatoms. The molecule has 1 heterocycles. The number of hydrogen-bond acceptors (Lipinski definition) is 6. The molecule has 0 spiro atoms. The number of benzene rings is 1. The number of rotatable bonds is 7. The maximum Gasteiger partial charge on any atom is 0.270 e. The molecule has 0 amide bonds. The second-order valence-electron chi connectivity index (χ2n) is 6.27. The summed E-state index contributed by atoms with van der Waals surface area (Å²) in [6.07, 6.45) is 2.58. The van der Waals surface area contributed by atoms with Crippen molar-refractivity contribution < 1.29 is 24.6 Å². The number of nitrogens with zero attached hydrogens (tertiary/aromatic N) is 1. The van der Waals surface area contributed by atoms with E-state index in [4.69, 9.17) is 9.47 Å². The highest BCUT2D eigenvalue weighted by Crippen LogP contribution is 2.38. The molecule has 1 saturated heterocycles. The van der Waals surface area contributed by atoms with Crippen LogP contribution in [0.1, 0.15) is 57.8 Å². The second-order valence-corrected chi connectivity index (χ2v) is 6.27. The van der Waals surface area contributed by atoms with Crippen molar-refractivity contribution in [2.45, 2.75) is 70.6 Å². The molecule has 4 atom stereocenters. The lowest BCUT2D eigenvalue weighted by Crippen LogP contribution is -2.33. The average Bonchev–Trinajstić information content (AvgIpc) is 2.54. The van der Waals surface area contributed by atoms with Gasteiger partial charge in [0, 0.05) is 18.6 Å². The predicted octanol–water partition coefficient (Wildman–Crippen LogP) is 3.43. The largest absolute Gasteiger partial charge is 0.507 e. The van der Waals surface area contributed by atoms with Crippen LogP contribution < -0.4 is 0 Å². The molecule has 0 saturated carbocycles. The van der Waals surface area contributed by atoms with Gasteiger partial charge < -0.3 is 19.7 Å². The van der Waals surface area contributed by atoms with Gasteiger partial charge in [-0.1, -0.05) is 6.92 Å². The molecule has 1 fully saturated rings. The van der Waals surface area contributed by atoms with Crippen molar-refractivity contribution in [1.29, 1.82) is 0 Å². The summed E-state index contributed by atoms with van der Waals surface area (Å²) < 4.78 is 11.8. The molecule has 0 bridgehead atoms. The van der Waals surface area contributed by atoms with Crippen LogP contribution in [0.3, 0.4) is 0 Å². The first-order valence-electron chi connectivity index (χ1n) is 8.37. The summed E-state index contributed by atoms with van der Waals surface area (Å²) in [6.45, 7) is 3.76. The lowest BCUT2D eigenvalue weighted by molar-refractivity contribution is -0.385. The lowest BCUT2D eigenvalue weighted by atomic mass is 10.0. The van der Waals surface area contributed by atoms with E-state index in [1.807, 2.05) is 6.92 Å². The van der Waals surface area contributed by atoms with E-state index in [2.05, 4.69) is 0 Å². The van der Waals surface area contributed by atoms with Crippen LogP contribution in [0.5, 0.6) is 5.75 Å². The molecule has 7 nitrogen and oxygen atoms in total. The number of aliphatic hydroxyl groups excluding tert-OH is 1. The number of hydrogen-bond donors (Lipinski definition) is 2. The third-order valence-corrected chi connectivity index (χ3v) is 4.24. The first-order valence-corrected chi connectivity index (χ1v) is 8.37. The van der Waals surface area contributed by atoms with Gasteiger partial charge in [-0.15, -0.1) is 0 Å². The van der Waals surface area contributed by atoms with Crippen LogP contribution in [0.15, 0.2) is 18.2 Å². The fraction of sp³-hybridized carbons (Fsp3) is 0.647. The van der Waals surface area contributed by atoms with E-state index in [0.717, 1.165) is 25.7 Å². The average molecular weight is 339 g/mol. The third kappa shape index (κ3) is 4.90. The smallest absolute Gasteiger partial charge is 0.270 e. The van der Waals surface area contributed by atoms with E-state index < -0.39 is 11.2 Å². The Labute approximate surface area is 141 Å². The highest BCUT2D eigenvalue weighted by molar-refractivity contribution is 5.43. The fourth-order valence-electron chi connectivity index (χ4n) is 2.87. The standard InChI is InChI=1S/C17H25NO6/c1-3-13-10-14(6-4-5-11(2)19)24-17(23-13)15-9-12(18(21)22)7-8-16(15)20/h7-9,11,13-14,17,19-20H,3-6,10H2,1-2H3/t11-,13?,14?,17?/m0/s1. The molecule has 1 aliphatic heterocycles. The minimum absolute atomic E-state index is 0.0287. The Hall–Kier alpha value is -1.70. The number of nitro groups is 1. The monoisotopic (exact) mass is 339 g/mol. The number of ether oxygens (including phenoxy) is 2. The molecular weight excluding hydrogens is 314 g/mol. The van der Waals surface area contributed by atoms with E-state index >= 15 is 0 Å². The van der Waals surface area contributed by atoms with Crippen LogP contribution in [-0.4, -0.2) is 33.4 Å².